The summed E-state index contributed by atoms with van der Waals surface area (Å²) in [5.41, 5.74) is 3.18. The molecule has 0 amide bonds. The number of nitriles is 1. The molecule has 5 nitrogen and oxygen atoms in total. The lowest BCUT2D eigenvalue weighted by molar-refractivity contribution is 0.0734. The highest BCUT2D eigenvalue weighted by Crippen LogP contribution is 2.17. The number of hydrogen-bond acceptors (Lipinski definition) is 5. The molecule has 0 spiro atoms. The van der Waals surface area contributed by atoms with Gasteiger partial charge in [-0.05, 0) is 73.4 Å². The number of carbonyl (C=O) groups is 1. The van der Waals surface area contributed by atoms with E-state index in [1.165, 1.54) is 25.7 Å². The van der Waals surface area contributed by atoms with Crippen LogP contribution < -0.4 is 9.47 Å². The smallest absolute Gasteiger partial charge is 0.343 e. The van der Waals surface area contributed by atoms with Crippen molar-refractivity contribution in [3.8, 4) is 17.6 Å². The lowest BCUT2D eigenvalue weighted by atomic mass is 10.1. The first-order valence-corrected chi connectivity index (χ1v) is 11.6. The Labute approximate surface area is 196 Å². The molecule has 0 saturated carbocycles. The van der Waals surface area contributed by atoms with Crippen LogP contribution in [0, 0.1) is 11.3 Å². The molecular formula is C28H30N2O3. The minimum atomic E-state index is -0.423. The van der Waals surface area contributed by atoms with E-state index in [1.54, 1.807) is 36.5 Å². The third-order valence-corrected chi connectivity index (χ3v) is 5.37. The zero-order valence-corrected chi connectivity index (χ0v) is 19.1. The predicted molar refractivity (Wildman–Crippen MR) is 128 cm³/mol. The SMILES string of the molecule is CCCCCCCOc1ccc(C(=O)Oc2ccc(CCc3ccc(C#N)cc3)nc2)cc1. The summed E-state index contributed by atoms with van der Waals surface area (Å²) in [6.45, 7) is 2.90. The monoisotopic (exact) mass is 442 g/mol. The van der Waals surface area contributed by atoms with Crippen LogP contribution in [-0.2, 0) is 12.8 Å². The van der Waals surface area contributed by atoms with Gasteiger partial charge in [0.1, 0.15) is 11.5 Å². The van der Waals surface area contributed by atoms with Gasteiger partial charge in [-0.3, -0.25) is 4.98 Å². The number of rotatable bonds is 12. The summed E-state index contributed by atoms with van der Waals surface area (Å²) < 4.78 is 11.2. The van der Waals surface area contributed by atoms with Crippen molar-refractivity contribution in [2.75, 3.05) is 6.61 Å². The van der Waals surface area contributed by atoms with E-state index in [0.29, 0.717) is 23.5 Å². The number of pyridine rings is 1. The number of hydrogen-bond donors (Lipinski definition) is 0. The Hall–Kier alpha value is -3.65. The third-order valence-electron chi connectivity index (χ3n) is 5.37. The van der Waals surface area contributed by atoms with E-state index >= 15 is 0 Å². The first-order valence-electron chi connectivity index (χ1n) is 11.6. The van der Waals surface area contributed by atoms with Crippen LogP contribution in [0.5, 0.6) is 11.5 Å². The van der Waals surface area contributed by atoms with Gasteiger partial charge < -0.3 is 9.47 Å². The van der Waals surface area contributed by atoms with Crippen molar-refractivity contribution in [1.29, 1.82) is 5.26 Å². The summed E-state index contributed by atoms with van der Waals surface area (Å²) in [7, 11) is 0. The fourth-order valence-corrected chi connectivity index (χ4v) is 3.39. The molecule has 0 N–H and O–H groups in total. The highest BCUT2D eigenvalue weighted by Gasteiger charge is 2.09. The molecular weight excluding hydrogens is 412 g/mol. The van der Waals surface area contributed by atoms with Crippen LogP contribution in [0.4, 0.5) is 0 Å². The fraction of sp³-hybridized carbons (Fsp3) is 0.321. The van der Waals surface area contributed by atoms with E-state index in [2.05, 4.69) is 18.0 Å². The number of unbranched alkanes of at least 4 members (excludes halogenated alkanes) is 4. The minimum absolute atomic E-state index is 0.412. The molecule has 0 saturated heterocycles. The summed E-state index contributed by atoms with van der Waals surface area (Å²) in [4.78, 5) is 16.8. The molecule has 0 fully saturated rings. The molecule has 3 aromatic rings. The standard InChI is InChI=1S/C28H30N2O3/c1-2-3-4-5-6-19-32-26-16-12-24(13-17-26)28(31)33-27-18-15-25(30-21-27)14-11-22-7-9-23(20-29)10-8-22/h7-10,12-13,15-18,21H,2-6,11,14,19H2,1H3. The van der Waals surface area contributed by atoms with Gasteiger partial charge in [-0.2, -0.15) is 5.26 Å². The maximum Gasteiger partial charge on any atom is 0.343 e. The summed E-state index contributed by atoms with van der Waals surface area (Å²) in [5.74, 6) is 0.748. The number of aryl methyl sites for hydroxylation is 2. The quantitative estimate of drug-likeness (QED) is 0.243. The van der Waals surface area contributed by atoms with Gasteiger partial charge in [0.25, 0.3) is 0 Å². The van der Waals surface area contributed by atoms with E-state index in [4.69, 9.17) is 14.7 Å². The van der Waals surface area contributed by atoms with Crippen molar-refractivity contribution in [3.05, 3.63) is 89.2 Å². The first kappa shape index (κ1) is 24.0. The van der Waals surface area contributed by atoms with E-state index in [9.17, 15) is 4.79 Å². The van der Waals surface area contributed by atoms with Crippen LogP contribution in [0.25, 0.3) is 0 Å². The summed E-state index contributed by atoms with van der Waals surface area (Å²) in [6, 6.07) is 20.3. The largest absolute Gasteiger partial charge is 0.494 e. The number of carbonyl (C=O) groups excluding carboxylic acids is 1. The third kappa shape index (κ3) is 8.08. The van der Waals surface area contributed by atoms with Gasteiger partial charge in [0.2, 0.25) is 0 Å². The first-order chi connectivity index (χ1) is 16.2. The van der Waals surface area contributed by atoms with Gasteiger partial charge in [-0.15, -0.1) is 0 Å². The van der Waals surface area contributed by atoms with Gasteiger partial charge in [0.05, 0.1) is 30.0 Å². The number of aromatic nitrogens is 1. The number of esters is 1. The molecule has 1 heterocycles. The number of ether oxygens (including phenoxy) is 2. The normalized spacial score (nSPS) is 10.4. The summed E-state index contributed by atoms with van der Waals surface area (Å²) >= 11 is 0. The number of nitrogens with zero attached hydrogens (tertiary/aromatic N) is 2. The second kappa shape index (κ2) is 13.0. The van der Waals surface area contributed by atoms with E-state index in [-0.39, 0.29) is 0 Å². The molecule has 0 radical (unpaired) electrons. The Balaban J connectivity index is 1.43. The van der Waals surface area contributed by atoms with Gasteiger partial charge in [0.15, 0.2) is 0 Å². The average Bonchev–Trinajstić information content (AvgIpc) is 2.86. The van der Waals surface area contributed by atoms with Crippen molar-refractivity contribution in [3.63, 3.8) is 0 Å². The number of benzene rings is 2. The van der Waals surface area contributed by atoms with Crippen LogP contribution >= 0.6 is 0 Å². The molecule has 0 aliphatic heterocycles. The van der Waals surface area contributed by atoms with Crippen LogP contribution in [0.1, 0.15) is 66.2 Å². The highest BCUT2D eigenvalue weighted by molar-refractivity contribution is 5.91. The molecule has 1 aromatic heterocycles. The molecule has 0 atom stereocenters. The zero-order chi connectivity index (χ0) is 23.3. The Morgan fingerprint density at radius 3 is 2.27 bits per heavy atom. The topological polar surface area (TPSA) is 72.2 Å². The van der Waals surface area contributed by atoms with Crippen molar-refractivity contribution in [1.82, 2.24) is 4.98 Å². The van der Waals surface area contributed by atoms with E-state index < -0.39 is 5.97 Å². The minimum Gasteiger partial charge on any atom is -0.494 e. The van der Waals surface area contributed by atoms with Crippen LogP contribution in [0.3, 0.4) is 0 Å². The average molecular weight is 443 g/mol. The molecule has 2 aromatic carbocycles. The van der Waals surface area contributed by atoms with Crippen molar-refractivity contribution in [2.24, 2.45) is 0 Å². The van der Waals surface area contributed by atoms with Gasteiger partial charge in [-0.25, -0.2) is 4.79 Å². The molecule has 0 unspecified atom stereocenters. The lowest BCUT2D eigenvalue weighted by Crippen LogP contribution is -2.09. The molecule has 0 bridgehead atoms. The Kier molecular flexibility index (Phi) is 9.47. The molecule has 3 rings (SSSR count). The lowest BCUT2D eigenvalue weighted by Gasteiger charge is -2.08. The predicted octanol–water partition coefficient (Wildman–Crippen LogP) is 6.31. The Bertz CT molecular complexity index is 1040. The Morgan fingerprint density at radius 2 is 1.61 bits per heavy atom. The summed E-state index contributed by atoms with van der Waals surface area (Å²) in [6.07, 6.45) is 9.14. The second-order valence-electron chi connectivity index (χ2n) is 7.97. The zero-order valence-electron chi connectivity index (χ0n) is 19.1. The van der Waals surface area contributed by atoms with E-state index in [1.807, 2.05) is 30.3 Å². The maximum absolute atomic E-state index is 12.4. The van der Waals surface area contributed by atoms with Crippen LogP contribution in [-0.4, -0.2) is 17.6 Å². The molecule has 0 aliphatic carbocycles. The molecule has 33 heavy (non-hydrogen) atoms. The van der Waals surface area contributed by atoms with Crippen molar-refractivity contribution < 1.29 is 14.3 Å². The van der Waals surface area contributed by atoms with Gasteiger partial charge in [-0.1, -0.05) is 44.7 Å². The van der Waals surface area contributed by atoms with E-state index in [0.717, 1.165) is 36.3 Å². The highest BCUT2D eigenvalue weighted by atomic mass is 16.5. The second-order valence-corrected chi connectivity index (χ2v) is 7.97. The Morgan fingerprint density at radius 1 is 0.879 bits per heavy atom. The molecule has 5 heteroatoms. The summed E-state index contributed by atoms with van der Waals surface area (Å²) in [5, 5.41) is 8.87. The van der Waals surface area contributed by atoms with Gasteiger partial charge in [0, 0.05) is 5.69 Å². The van der Waals surface area contributed by atoms with Crippen LogP contribution in [0.2, 0.25) is 0 Å². The van der Waals surface area contributed by atoms with Crippen molar-refractivity contribution in [2.45, 2.75) is 51.9 Å². The van der Waals surface area contributed by atoms with Crippen LogP contribution in [0.15, 0.2) is 66.9 Å². The fourth-order valence-electron chi connectivity index (χ4n) is 3.39. The maximum atomic E-state index is 12.4. The van der Waals surface area contributed by atoms with Crippen molar-refractivity contribution >= 4 is 5.97 Å². The van der Waals surface area contributed by atoms with Gasteiger partial charge >= 0.3 is 5.97 Å². The molecule has 0 aliphatic rings. The molecule has 170 valence electrons.